The van der Waals surface area contributed by atoms with Crippen LogP contribution in [-0.2, 0) is 18.0 Å². The highest BCUT2D eigenvalue weighted by molar-refractivity contribution is 5.76. The van der Waals surface area contributed by atoms with E-state index in [9.17, 15) is 13.2 Å². The van der Waals surface area contributed by atoms with Crippen LogP contribution in [0.2, 0.25) is 0 Å². The first-order chi connectivity index (χ1) is 17.2. The Morgan fingerprint density at radius 1 is 1.00 bits per heavy atom. The lowest BCUT2D eigenvalue weighted by molar-refractivity contribution is -0.144. The quantitative estimate of drug-likeness (QED) is 0.380. The standard InChI is InChI=1S/C27H25F3N6/c1-16-4-5-17-19(13-16)34-23(33-17)26(14-25(15-26)9-10-25)21-7-6-20-18(32-21)3-2-12-36(20)22-8-11-31-24(35-22)27(28,29)30/h4-8,11,13H,2-3,9-10,12,14-15H2,1H3,(H,33,34). The highest BCUT2D eigenvalue weighted by atomic mass is 19.4. The maximum absolute atomic E-state index is 13.2. The van der Waals surface area contributed by atoms with Crippen molar-refractivity contribution in [2.45, 2.75) is 57.0 Å². The first-order valence-corrected chi connectivity index (χ1v) is 12.4. The maximum atomic E-state index is 13.2. The molecule has 2 fully saturated rings. The Bertz CT molecular complexity index is 1500. The lowest BCUT2D eigenvalue weighted by atomic mass is 9.57. The van der Waals surface area contributed by atoms with Gasteiger partial charge < -0.3 is 9.88 Å². The van der Waals surface area contributed by atoms with Crippen LogP contribution in [0.25, 0.3) is 11.0 Å². The molecular weight excluding hydrogens is 465 g/mol. The topological polar surface area (TPSA) is 70.6 Å². The van der Waals surface area contributed by atoms with Gasteiger partial charge in [-0.05, 0) is 86.8 Å². The van der Waals surface area contributed by atoms with E-state index in [2.05, 4.69) is 40.1 Å². The van der Waals surface area contributed by atoms with Crippen molar-refractivity contribution in [1.29, 1.82) is 0 Å². The molecule has 0 unspecified atom stereocenters. The third-order valence-electron chi connectivity index (χ3n) is 8.10. The van der Waals surface area contributed by atoms with Gasteiger partial charge in [-0.2, -0.15) is 13.2 Å². The second kappa shape index (κ2) is 7.27. The number of fused-ring (bicyclic) bond motifs is 2. The van der Waals surface area contributed by atoms with Crippen LogP contribution < -0.4 is 4.90 Å². The van der Waals surface area contributed by atoms with E-state index in [0.717, 1.165) is 59.6 Å². The molecule has 2 saturated carbocycles. The number of pyridine rings is 1. The van der Waals surface area contributed by atoms with Crippen molar-refractivity contribution in [2.75, 3.05) is 11.4 Å². The minimum atomic E-state index is -4.59. The van der Waals surface area contributed by atoms with Crippen LogP contribution in [0.3, 0.4) is 0 Å². The van der Waals surface area contributed by atoms with Gasteiger partial charge in [-0.3, -0.25) is 4.98 Å². The van der Waals surface area contributed by atoms with Gasteiger partial charge in [-0.15, -0.1) is 0 Å². The van der Waals surface area contributed by atoms with Gasteiger partial charge >= 0.3 is 6.18 Å². The third-order valence-corrected chi connectivity index (χ3v) is 8.10. The Hall–Kier alpha value is -3.49. The molecule has 9 heteroatoms. The number of hydrogen-bond donors (Lipinski definition) is 1. The van der Waals surface area contributed by atoms with Gasteiger partial charge in [0.2, 0.25) is 5.82 Å². The molecule has 1 aromatic carbocycles. The lowest BCUT2D eigenvalue weighted by Crippen LogP contribution is -2.45. The Morgan fingerprint density at radius 2 is 1.83 bits per heavy atom. The third kappa shape index (κ3) is 3.32. The summed E-state index contributed by atoms with van der Waals surface area (Å²) in [5, 5.41) is 0. The fourth-order valence-corrected chi connectivity index (χ4v) is 6.17. The summed E-state index contributed by atoms with van der Waals surface area (Å²) in [6, 6.07) is 11.8. The summed E-state index contributed by atoms with van der Waals surface area (Å²) in [4.78, 5) is 22.8. The smallest absolute Gasteiger partial charge is 0.341 e. The summed E-state index contributed by atoms with van der Waals surface area (Å²) < 4.78 is 39.7. The van der Waals surface area contributed by atoms with Gasteiger partial charge in [0.05, 0.1) is 33.5 Å². The zero-order valence-corrected chi connectivity index (χ0v) is 19.9. The monoisotopic (exact) mass is 490 g/mol. The summed E-state index contributed by atoms with van der Waals surface area (Å²) in [5.74, 6) is 0.0853. The van der Waals surface area contributed by atoms with Gasteiger partial charge in [-0.25, -0.2) is 15.0 Å². The average Bonchev–Trinajstić information content (AvgIpc) is 3.53. The van der Waals surface area contributed by atoms with E-state index in [-0.39, 0.29) is 11.2 Å². The van der Waals surface area contributed by atoms with E-state index in [0.29, 0.717) is 12.0 Å². The van der Waals surface area contributed by atoms with E-state index in [1.54, 1.807) is 0 Å². The molecule has 7 rings (SSSR count). The van der Waals surface area contributed by atoms with Crippen molar-refractivity contribution in [3.8, 4) is 0 Å². The molecule has 4 aromatic rings. The first-order valence-electron chi connectivity index (χ1n) is 12.4. The van der Waals surface area contributed by atoms with Crippen LogP contribution in [-0.4, -0.2) is 31.5 Å². The molecule has 3 aliphatic rings. The molecular formula is C27H25F3N6. The molecule has 0 amide bonds. The average molecular weight is 491 g/mol. The fourth-order valence-electron chi connectivity index (χ4n) is 6.17. The van der Waals surface area contributed by atoms with Gasteiger partial charge in [0.15, 0.2) is 0 Å². The molecule has 1 aliphatic heterocycles. The number of aromatic nitrogens is 5. The number of aryl methyl sites for hydroxylation is 2. The Labute approximate surface area is 206 Å². The Morgan fingerprint density at radius 3 is 2.61 bits per heavy atom. The normalized spacial score (nSPS) is 19.8. The number of hydrogen-bond acceptors (Lipinski definition) is 5. The molecule has 1 N–H and O–H groups in total. The molecule has 3 aromatic heterocycles. The van der Waals surface area contributed by atoms with Gasteiger partial charge in [-0.1, -0.05) is 6.07 Å². The first kappa shape index (κ1) is 21.8. The number of rotatable bonds is 3. The summed E-state index contributed by atoms with van der Waals surface area (Å²) in [7, 11) is 0. The van der Waals surface area contributed by atoms with E-state index >= 15 is 0 Å². The number of nitrogens with one attached hydrogen (secondary N) is 1. The minimum Gasteiger partial charge on any atom is -0.341 e. The minimum absolute atomic E-state index is 0.246. The number of halogens is 3. The van der Waals surface area contributed by atoms with Crippen LogP contribution in [0, 0.1) is 12.3 Å². The highest BCUT2D eigenvalue weighted by Crippen LogP contribution is 2.70. The summed E-state index contributed by atoms with van der Waals surface area (Å²) in [6.45, 7) is 2.66. The van der Waals surface area contributed by atoms with Crippen molar-refractivity contribution in [1.82, 2.24) is 24.9 Å². The van der Waals surface area contributed by atoms with Crippen LogP contribution >= 0.6 is 0 Å². The number of nitrogens with zero attached hydrogens (tertiary/aromatic N) is 5. The van der Waals surface area contributed by atoms with Gasteiger partial charge in [0, 0.05) is 12.7 Å². The fraction of sp³-hybridized carbons (Fsp3) is 0.407. The van der Waals surface area contributed by atoms with Crippen LogP contribution in [0.15, 0.2) is 42.6 Å². The van der Waals surface area contributed by atoms with Crippen LogP contribution in [0.1, 0.15) is 60.7 Å². The van der Waals surface area contributed by atoms with Gasteiger partial charge in [0.1, 0.15) is 11.6 Å². The lowest BCUT2D eigenvalue weighted by Gasteiger charge is -2.47. The SMILES string of the molecule is Cc1ccc2nc(C3(c4ccc5c(n4)CCCN5c4ccnc(C(F)(F)F)n4)CC4(CC4)C3)[nH]c2c1. The molecule has 2 aliphatic carbocycles. The summed E-state index contributed by atoms with van der Waals surface area (Å²) >= 11 is 0. The molecule has 0 radical (unpaired) electrons. The molecule has 0 saturated heterocycles. The van der Waals surface area contributed by atoms with Gasteiger partial charge in [0.25, 0.3) is 0 Å². The maximum Gasteiger partial charge on any atom is 0.451 e. The zero-order chi connectivity index (χ0) is 24.7. The number of H-pyrrole nitrogens is 1. The Balaban J connectivity index is 1.29. The number of aromatic amines is 1. The zero-order valence-electron chi connectivity index (χ0n) is 19.9. The van der Waals surface area contributed by atoms with Crippen LogP contribution in [0.4, 0.5) is 24.7 Å². The number of imidazole rings is 1. The van der Waals surface area contributed by atoms with Crippen molar-refractivity contribution >= 4 is 22.5 Å². The van der Waals surface area contributed by atoms with Crippen molar-refractivity contribution in [3.05, 3.63) is 71.2 Å². The van der Waals surface area contributed by atoms with Crippen molar-refractivity contribution in [2.24, 2.45) is 5.41 Å². The van der Waals surface area contributed by atoms with E-state index in [4.69, 9.17) is 9.97 Å². The molecule has 4 heterocycles. The molecule has 0 atom stereocenters. The highest BCUT2D eigenvalue weighted by Gasteiger charge is 2.64. The number of anilines is 2. The molecule has 6 nitrogen and oxygen atoms in total. The summed E-state index contributed by atoms with van der Waals surface area (Å²) in [6.07, 6.45) is 2.70. The molecule has 184 valence electrons. The second-order valence-electron chi connectivity index (χ2n) is 10.7. The molecule has 36 heavy (non-hydrogen) atoms. The second-order valence-corrected chi connectivity index (χ2v) is 10.7. The number of benzene rings is 1. The van der Waals surface area contributed by atoms with Crippen molar-refractivity contribution < 1.29 is 13.2 Å². The Kier molecular flexibility index (Phi) is 4.40. The molecule has 1 spiro atoms. The predicted octanol–water partition coefficient (Wildman–Crippen LogP) is 6.02. The largest absolute Gasteiger partial charge is 0.451 e. The summed E-state index contributed by atoms with van der Waals surface area (Å²) in [5.41, 5.74) is 6.03. The number of alkyl halides is 3. The van der Waals surface area contributed by atoms with Crippen molar-refractivity contribution in [3.63, 3.8) is 0 Å². The van der Waals surface area contributed by atoms with E-state index in [1.165, 1.54) is 30.7 Å². The van der Waals surface area contributed by atoms with E-state index < -0.39 is 12.0 Å². The van der Waals surface area contributed by atoms with Crippen LogP contribution in [0.5, 0.6) is 0 Å². The predicted molar refractivity (Wildman–Crippen MR) is 129 cm³/mol. The molecule has 0 bridgehead atoms. The van der Waals surface area contributed by atoms with E-state index in [1.807, 2.05) is 17.0 Å².